The van der Waals surface area contributed by atoms with Crippen LogP contribution in [-0.4, -0.2) is 42.9 Å². The van der Waals surface area contributed by atoms with E-state index in [0.717, 1.165) is 16.9 Å². The Morgan fingerprint density at radius 1 is 1.06 bits per heavy atom. The molecule has 0 saturated heterocycles. The fourth-order valence-corrected chi connectivity index (χ4v) is 3.98. The number of hydrogen-bond donors (Lipinski definition) is 1. The molecule has 0 atom stereocenters. The summed E-state index contributed by atoms with van der Waals surface area (Å²) < 4.78 is 16.1. The maximum atomic E-state index is 13.0. The lowest BCUT2D eigenvalue weighted by atomic mass is 10.1. The molecule has 1 aliphatic rings. The molecule has 35 heavy (non-hydrogen) atoms. The van der Waals surface area contributed by atoms with Crippen molar-refractivity contribution in [2.24, 2.45) is 0 Å². The second-order valence-electron chi connectivity index (χ2n) is 8.20. The number of fused-ring (bicyclic) bond motifs is 1. The Balaban J connectivity index is 1.38. The fourth-order valence-electron chi connectivity index (χ4n) is 3.98. The summed E-state index contributed by atoms with van der Waals surface area (Å²) in [7, 11) is 1.58. The summed E-state index contributed by atoms with van der Waals surface area (Å²) >= 11 is 0. The van der Waals surface area contributed by atoms with Gasteiger partial charge in [0, 0.05) is 48.3 Å². The Labute approximate surface area is 203 Å². The standard InChI is InChI=1S/C27H28N2O6/c1-3-34-26(31)12-11-25(30)28-21-9-7-18(8-10-21)24-16-20-17-29(14-13-23(20)35-24)27(32)19-5-4-6-22(15-19)33-2/h4-10,15-16H,3,11-14,17H2,1-2H3,(H,28,30). The molecule has 1 N–H and O–H groups in total. The SMILES string of the molecule is CCOC(=O)CCC(=O)Nc1ccc(-c2cc3c(o2)CCN(C(=O)c2cccc(OC)c2)C3)cc1. The molecule has 182 valence electrons. The molecule has 0 saturated carbocycles. The Bertz CT molecular complexity index is 1210. The maximum Gasteiger partial charge on any atom is 0.306 e. The summed E-state index contributed by atoms with van der Waals surface area (Å²) in [5.74, 6) is 1.57. The van der Waals surface area contributed by atoms with Crippen LogP contribution in [0.3, 0.4) is 0 Å². The van der Waals surface area contributed by atoms with E-state index in [0.29, 0.717) is 48.9 Å². The summed E-state index contributed by atoms with van der Waals surface area (Å²) in [5, 5.41) is 2.78. The van der Waals surface area contributed by atoms with Crippen LogP contribution >= 0.6 is 0 Å². The zero-order chi connectivity index (χ0) is 24.8. The number of furan rings is 1. The Kier molecular flexibility index (Phi) is 7.50. The molecule has 1 aliphatic heterocycles. The number of methoxy groups -OCH3 is 1. The van der Waals surface area contributed by atoms with Gasteiger partial charge in [0.15, 0.2) is 0 Å². The molecule has 8 nitrogen and oxygen atoms in total. The summed E-state index contributed by atoms with van der Waals surface area (Å²) in [6.07, 6.45) is 0.753. The van der Waals surface area contributed by atoms with Crippen molar-refractivity contribution >= 4 is 23.5 Å². The van der Waals surface area contributed by atoms with Gasteiger partial charge in [-0.1, -0.05) is 6.07 Å². The molecule has 2 aromatic carbocycles. The minimum atomic E-state index is -0.386. The first kappa shape index (κ1) is 24.1. The molecule has 0 radical (unpaired) electrons. The quantitative estimate of drug-likeness (QED) is 0.483. The number of nitrogens with one attached hydrogen (secondary N) is 1. The Morgan fingerprint density at radius 3 is 2.60 bits per heavy atom. The van der Waals surface area contributed by atoms with E-state index in [-0.39, 0.29) is 30.6 Å². The van der Waals surface area contributed by atoms with Crippen LogP contribution in [0.5, 0.6) is 5.75 Å². The third-order valence-electron chi connectivity index (χ3n) is 5.79. The van der Waals surface area contributed by atoms with Gasteiger partial charge in [-0.15, -0.1) is 0 Å². The number of rotatable bonds is 8. The van der Waals surface area contributed by atoms with Crippen molar-refractivity contribution in [3.8, 4) is 17.1 Å². The van der Waals surface area contributed by atoms with Crippen LogP contribution in [0, 0.1) is 0 Å². The zero-order valence-corrected chi connectivity index (χ0v) is 19.8. The van der Waals surface area contributed by atoms with Crippen molar-refractivity contribution < 1.29 is 28.3 Å². The van der Waals surface area contributed by atoms with Gasteiger partial charge in [-0.25, -0.2) is 0 Å². The smallest absolute Gasteiger partial charge is 0.306 e. The van der Waals surface area contributed by atoms with Crippen LogP contribution < -0.4 is 10.1 Å². The van der Waals surface area contributed by atoms with Crippen LogP contribution in [0.2, 0.25) is 0 Å². The van der Waals surface area contributed by atoms with Gasteiger partial charge in [0.25, 0.3) is 5.91 Å². The highest BCUT2D eigenvalue weighted by Crippen LogP contribution is 2.31. The van der Waals surface area contributed by atoms with E-state index in [1.807, 2.05) is 35.2 Å². The third kappa shape index (κ3) is 5.90. The lowest BCUT2D eigenvalue weighted by Gasteiger charge is -2.26. The summed E-state index contributed by atoms with van der Waals surface area (Å²) in [4.78, 5) is 38.2. The predicted molar refractivity (Wildman–Crippen MR) is 130 cm³/mol. The average Bonchev–Trinajstić information content (AvgIpc) is 3.31. The molecule has 4 rings (SSSR count). The molecule has 0 bridgehead atoms. The number of esters is 1. The van der Waals surface area contributed by atoms with Gasteiger partial charge in [-0.2, -0.15) is 0 Å². The fraction of sp³-hybridized carbons (Fsp3) is 0.296. The third-order valence-corrected chi connectivity index (χ3v) is 5.79. The number of ether oxygens (including phenoxy) is 2. The number of amides is 2. The van der Waals surface area contributed by atoms with Gasteiger partial charge in [-0.05, 0) is 55.5 Å². The number of benzene rings is 2. The zero-order valence-electron chi connectivity index (χ0n) is 19.8. The molecular formula is C27H28N2O6. The largest absolute Gasteiger partial charge is 0.497 e. The monoisotopic (exact) mass is 476 g/mol. The summed E-state index contributed by atoms with van der Waals surface area (Å²) in [6, 6.07) is 16.4. The highest BCUT2D eigenvalue weighted by molar-refractivity contribution is 5.95. The van der Waals surface area contributed by atoms with E-state index < -0.39 is 0 Å². The minimum Gasteiger partial charge on any atom is -0.497 e. The van der Waals surface area contributed by atoms with E-state index in [2.05, 4.69) is 5.32 Å². The van der Waals surface area contributed by atoms with Crippen molar-refractivity contribution in [1.29, 1.82) is 0 Å². The van der Waals surface area contributed by atoms with Crippen molar-refractivity contribution in [2.45, 2.75) is 32.7 Å². The predicted octanol–water partition coefficient (Wildman–Crippen LogP) is 4.44. The molecule has 0 fully saturated rings. The van der Waals surface area contributed by atoms with Gasteiger partial charge >= 0.3 is 5.97 Å². The number of carbonyl (C=O) groups is 3. The molecule has 0 aliphatic carbocycles. The lowest BCUT2D eigenvalue weighted by Crippen LogP contribution is -2.35. The molecule has 1 aromatic heterocycles. The van der Waals surface area contributed by atoms with E-state index in [9.17, 15) is 14.4 Å². The highest BCUT2D eigenvalue weighted by Gasteiger charge is 2.25. The Morgan fingerprint density at radius 2 is 1.86 bits per heavy atom. The number of anilines is 1. The van der Waals surface area contributed by atoms with E-state index in [1.54, 1.807) is 38.3 Å². The highest BCUT2D eigenvalue weighted by atomic mass is 16.5. The lowest BCUT2D eigenvalue weighted by molar-refractivity contribution is -0.144. The average molecular weight is 477 g/mol. The van der Waals surface area contributed by atoms with E-state index in [4.69, 9.17) is 13.9 Å². The van der Waals surface area contributed by atoms with E-state index >= 15 is 0 Å². The number of hydrogen-bond acceptors (Lipinski definition) is 6. The molecular weight excluding hydrogens is 448 g/mol. The van der Waals surface area contributed by atoms with E-state index in [1.165, 1.54) is 0 Å². The molecule has 2 heterocycles. The first-order valence-electron chi connectivity index (χ1n) is 11.6. The molecule has 2 amide bonds. The number of nitrogens with zero attached hydrogens (tertiary/aromatic N) is 1. The summed E-state index contributed by atoms with van der Waals surface area (Å²) in [6.45, 7) is 3.08. The molecule has 0 unspecified atom stereocenters. The minimum absolute atomic E-state index is 0.0413. The van der Waals surface area contributed by atoms with Crippen molar-refractivity contribution in [2.75, 3.05) is 25.6 Å². The maximum absolute atomic E-state index is 13.0. The first-order chi connectivity index (χ1) is 17.0. The Hall–Kier alpha value is -4.07. The molecule has 3 aromatic rings. The van der Waals surface area contributed by atoms with Gasteiger partial charge in [0.1, 0.15) is 17.3 Å². The summed E-state index contributed by atoms with van der Waals surface area (Å²) in [5.41, 5.74) is 3.08. The van der Waals surface area contributed by atoms with Crippen LogP contribution in [0.4, 0.5) is 5.69 Å². The van der Waals surface area contributed by atoms with Gasteiger partial charge in [-0.3, -0.25) is 14.4 Å². The van der Waals surface area contributed by atoms with Gasteiger partial charge in [0.05, 0.1) is 20.1 Å². The van der Waals surface area contributed by atoms with Crippen LogP contribution in [0.25, 0.3) is 11.3 Å². The normalized spacial score (nSPS) is 12.6. The topological polar surface area (TPSA) is 98.1 Å². The molecule has 0 spiro atoms. The van der Waals surface area contributed by atoms with Crippen LogP contribution in [0.15, 0.2) is 59.0 Å². The first-order valence-corrected chi connectivity index (χ1v) is 11.6. The van der Waals surface area contributed by atoms with Crippen molar-refractivity contribution in [3.63, 3.8) is 0 Å². The van der Waals surface area contributed by atoms with Crippen LogP contribution in [0.1, 0.15) is 41.4 Å². The second kappa shape index (κ2) is 10.9. The molecule has 8 heteroatoms. The van der Waals surface area contributed by atoms with Crippen LogP contribution in [-0.2, 0) is 27.3 Å². The van der Waals surface area contributed by atoms with Crippen molar-refractivity contribution in [1.82, 2.24) is 4.90 Å². The van der Waals surface area contributed by atoms with Gasteiger partial charge < -0.3 is 24.1 Å². The number of carbonyl (C=O) groups excluding carboxylic acids is 3. The van der Waals surface area contributed by atoms with Crippen molar-refractivity contribution in [3.05, 3.63) is 71.5 Å². The second-order valence-corrected chi connectivity index (χ2v) is 8.20. The van der Waals surface area contributed by atoms with Gasteiger partial charge in [0.2, 0.25) is 5.91 Å².